The van der Waals surface area contributed by atoms with Crippen LogP contribution in [-0.2, 0) is 6.54 Å². The van der Waals surface area contributed by atoms with Crippen LogP contribution in [0.2, 0.25) is 0 Å². The van der Waals surface area contributed by atoms with Crippen LogP contribution < -0.4 is 15.8 Å². The van der Waals surface area contributed by atoms with E-state index in [1.165, 1.54) is 0 Å². The number of benzene rings is 2. The van der Waals surface area contributed by atoms with Crippen molar-refractivity contribution in [3.8, 4) is 5.75 Å². The number of aromatic nitrogens is 2. The van der Waals surface area contributed by atoms with Crippen molar-refractivity contribution in [1.82, 2.24) is 9.55 Å². The van der Waals surface area contributed by atoms with E-state index >= 15 is 0 Å². The summed E-state index contributed by atoms with van der Waals surface area (Å²) in [4.78, 5) is 9.01. The zero-order chi connectivity index (χ0) is 19.2. The highest BCUT2D eigenvalue weighted by atomic mass is 16.5. The van der Waals surface area contributed by atoms with Gasteiger partial charge in [0.2, 0.25) is 0 Å². The summed E-state index contributed by atoms with van der Waals surface area (Å²) >= 11 is 0. The highest BCUT2D eigenvalue weighted by molar-refractivity contribution is 5.92. The van der Waals surface area contributed by atoms with Crippen molar-refractivity contribution >= 4 is 22.7 Å². The second kappa shape index (κ2) is 8.58. The Morgan fingerprint density at radius 3 is 2.67 bits per heavy atom. The number of nitrogens with one attached hydrogen (secondary N) is 1. The van der Waals surface area contributed by atoms with Crippen LogP contribution >= 0.6 is 0 Å². The topological polar surface area (TPSA) is 77.5 Å². The van der Waals surface area contributed by atoms with Crippen LogP contribution in [0.15, 0.2) is 53.5 Å². The molecule has 6 heteroatoms. The summed E-state index contributed by atoms with van der Waals surface area (Å²) in [5, 5.41) is 3.11. The molecule has 0 bridgehead atoms. The van der Waals surface area contributed by atoms with E-state index in [4.69, 9.17) is 10.5 Å². The Morgan fingerprint density at radius 1 is 1.19 bits per heavy atom. The van der Waals surface area contributed by atoms with E-state index in [0.717, 1.165) is 41.3 Å². The number of ether oxygens (including phenoxy) is 1. The standard InChI is InChI=1S/C21H27N5O/c1-15(2)27-18-11-9-17(10-12-18)25-21(22)23-13-6-14-26-16(3)24-19-7-4-5-8-20(19)26/h4-5,7-12,15H,6,13-14H2,1-3H3,(H3,22,23,25). The molecule has 0 fully saturated rings. The number of para-hydroxylation sites is 2. The molecule has 0 saturated carbocycles. The SMILES string of the molecule is Cc1nc2ccccc2n1CCCN=C(N)Nc1ccc(OC(C)C)cc1. The third-order valence-corrected chi connectivity index (χ3v) is 4.17. The maximum absolute atomic E-state index is 5.99. The average Bonchev–Trinajstić information content (AvgIpc) is 2.95. The lowest BCUT2D eigenvalue weighted by molar-refractivity contribution is 0.242. The predicted octanol–water partition coefficient (Wildman–Crippen LogP) is 3.95. The van der Waals surface area contributed by atoms with Crippen molar-refractivity contribution in [2.45, 2.75) is 39.8 Å². The van der Waals surface area contributed by atoms with Gasteiger partial charge in [0, 0.05) is 18.8 Å². The van der Waals surface area contributed by atoms with E-state index in [9.17, 15) is 0 Å². The molecule has 0 spiro atoms. The van der Waals surface area contributed by atoms with Crippen LogP contribution in [0.25, 0.3) is 11.0 Å². The smallest absolute Gasteiger partial charge is 0.193 e. The Morgan fingerprint density at radius 2 is 1.93 bits per heavy atom. The maximum atomic E-state index is 5.99. The lowest BCUT2D eigenvalue weighted by atomic mass is 10.3. The quantitative estimate of drug-likeness (QED) is 0.378. The first-order valence-corrected chi connectivity index (χ1v) is 9.28. The number of nitrogens with two attached hydrogens (primary N) is 1. The first-order chi connectivity index (χ1) is 13.0. The second-order valence-corrected chi connectivity index (χ2v) is 6.74. The number of aryl methyl sites for hydroxylation is 2. The number of anilines is 1. The van der Waals surface area contributed by atoms with Crippen molar-refractivity contribution in [1.29, 1.82) is 0 Å². The van der Waals surface area contributed by atoms with E-state index in [-0.39, 0.29) is 6.10 Å². The molecule has 2 aromatic carbocycles. The number of hydrogen-bond acceptors (Lipinski definition) is 3. The zero-order valence-electron chi connectivity index (χ0n) is 16.1. The molecule has 0 amide bonds. The Labute approximate surface area is 160 Å². The monoisotopic (exact) mass is 365 g/mol. The van der Waals surface area contributed by atoms with E-state index in [1.54, 1.807) is 0 Å². The van der Waals surface area contributed by atoms with Gasteiger partial charge in [-0.2, -0.15) is 0 Å². The van der Waals surface area contributed by atoms with Gasteiger partial charge in [-0.3, -0.25) is 4.99 Å². The number of aliphatic imine (C=N–C) groups is 1. The molecule has 142 valence electrons. The van der Waals surface area contributed by atoms with E-state index < -0.39 is 0 Å². The number of fused-ring (bicyclic) bond motifs is 1. The highest BCUT2D eigenvalue weighted by Crippen LogP contribution is 2.17. The zero-order valence-corrected chi connectivity index (χ0v) is 16.1. The van der Waals surface area contributed by atoms with Gasteiger partial charge in [-0.25, -0.2) is 4.98 Å². The van der Waals surface area contributed by atoms with Gasteiger partial charge in [0.15, 0.2) is 5.96 Å². The molecule has 0 aliphatic carbocycles. The molecular weight excluding hydrogens is 338 g/mol. The molecule has 3 aromatic rings. The van der Waals surface area contributed by atoms with Gasteiger partial charge >= 0.3 is 0 Å². The van der Waals surface area contributed by atoms with Crippen LogP contribution in [0.4, 0.5) is 5.69 Å². The molecule has 6 nitrogen and oxygen atoms in total. The normalized spacial score (nSPS) is 11.9. The number of nitrogens with zero attached hydrogens (tertiary/aromatic N) is 3. The number of guanidine groups is 1. The highest BCUT2D eigenvalue weighted by Gasteiger charge is 2.05. The summed E-state index contributed by atoms with van der Waals surface area (Å²) in [7, 11) is 0. The summed E-state index contributed by atoms with van der Waals surface area (Å²) in [6.45, 7) is 7.56. The van der Waals surface area contributed by atoms with Crippen molar-refractivity contribution in [2.24, 2.45) is 10.7 Å². The molecule has 27 heavy (non-hydrogen) atoms. The second-order valence-electron chi connectivity index (χ2n) is 6.74. The molecular formula is C21H27N5O. The van der Waals surface area contributed by atoms with Gasteiger partial charge < -0.3 is 20.4 Å². The number of rotatable bonds is 7. The van der Waals surface area contributed by atoms with Crippen LogP contribution in [0.3, 0.4) is 0 Å². The van der Waals surface area contributed by atoms with Crippen molar-refractivity contribution in [3.05, 3.63) is 54.4 Å². The molecule has 0 unspecified atom stereocenters. The van der Waals surface area contributed by atoms with Crippen LogP contribution in [0.5, 0.6) is 5.75 Å². The molecule has 1 heterocycles. The Bertz CT molecular complexity index is 912. The summed E-state index contributed by atoms with van der Waals surface area (Å²) in [5.74, 6) is 2.28. The molecule has 0 saturated heterocycles. The fourth-order valence-electron chi connectivity index (χ4n) is 2.98. The minimum Gasteiger partial charge on any atom is -0.491 e. The first-order valence-electron chi connectivity index (χ1n) is 9.28. The maximum Gasteiger partial charge on any atom is 0.193 e. The van der Waals surface area contributed by atoms with Gasteiger partial charge in [-0.1, -0.05) is 12.1 Å². The summed E-state index contributed by atoms with van der Waals surface area (Å²) < 4.78 is 7.86. The van der Waals surface area contributed by atoms with Gasteiger partial charge in [0.25, 0.3) is 0 Å². The average molecular weight is 365 g/mol. The summed E-state index contributed by atoms with van der Waals surface area (Å²) in [6.07, 6.45) is 1.05. The first kappa shape index (κ1) is 18.8. The minimum absolute atomic E-state index is 0.159. The molecule has 0 radical (unpaired) electrons. The van der Waals surface area contributed by atoms with E-state index in [0.29, 0.717) is 12.5 Å². The predicted molar refractivity (Wildman–Crippen MR) is 111 cm³/mol. The molecule has 0 aliphatic rings. The Hall–Kier alpha value is -3.02. The molecule has 1 aromatic heterocycles. The summed E-state index contributed by atoms with van der Waals surface area (Å²) in [5.41, 5.74) is 9.08. The van der Waals surface area contributed by atoms with Gasteiger partial charge in [-0.05, 0) is 63.6 Å². The lowest BCUT2D eigenvalue weighted by Gasteiger charge is -2.11. The minimum atomic E-state index is 0.159. The van der Waals surface area contributed by atoms with Gasteiger partial charge in [-0.15, -0.1) is 0 Å². The third kappa shape index (κ3) is 5.00. The van der Waals surface area contributed by atoms with E-state index in [2.05, 4.69) is 25.9 Å². The fourth-order valence-corrected chi connectivity index (χ4v) is 2.98. The van der Waals surface area contributed by atoms with Crippen LogP contribution in [-0.4, -0.2) is 28.2 Å². The largest absolute Gasteiger partial charge is 0.491 e. The van der Waals surface area contributed by atoms with Crippen molar-refractivity contribution in [2.75, 3.05) is 11.9 Å². The number of imidazole rings is 1. The van der Waals surface area contributed by atoms with E-state index in [1.807, 2.05) is 63.2 Å². The third-order valence-electron chi connectivity index (χ3n) is 4.17. The Balaban J connectivity index is 1.51. The lowest BCUT2D eigenvalue weighted by Crippen LogP contribution is -2.23. The molecule has 3 N–H and O–H groups in total. The molecule has 0 aliphatic heterocycles. The number of hydrogen-bond donors (Lipinski definition) is 2. The molecule has 3 rings (SSSR count). The molecule has 0 atom stereocenters. The van der Waals surface area contributed by atoms with Crippen LogP contribution in [0.1, 0.15) is 26.1 Å². The van der Waals surface area contributed by atoms with Gasteiger partial charge in [0.1, 0.15) is 11.6 Å². The van der Waals surface area contributed by atoms with Crippen molar-refractivity contribution in [3.63, 3.8) is 0 Å². The van der Waals surface area contributed by atoms with Gasteiger partial charge in [0.05, 0.1) is 17.1 Å². The van der Waals surface area contributed by atoms with Crippen LogP contribution in [0, 0.1) is 6.92 Å². The van der Waals surface area contributed by atoms with Crippen molar-refractivity contribution < 1.29 is 4.74 Å². The Kier molecular flexibility index (Phi) is 5.96. The fraction of sp³-hybridized carbons (Fsp3) is 0.333. The summed E-state index contributed by atoms with van der Waals surface area (Å²) in [6, 6.07) is 15.9.